The van der Waals surface area contributed by atoms with Gasteiger partial charge in [0.2, 0.25) is 5.91 Å². The lowest BCUT2D eigenvalue weighted by Gasteiger charge is -2.08. The number of hydrogen-bond donors (Lipinski definition) is 1. The monoisotopic (exact) mass is 410 g/mol. The fourth-order valence-electron chi connectivity index (χ4n) is 2.71. The SMILES string of the molecule is CCCCOc1ccccc1/C=C/C(=O)Nc1nc(-c2ccc(F)cc2)c(C)s1. The quantitative estimate of drug-likeness (QED) is 0.361. The van der Waals surface area contributed by atoms with Crippen LogP contribution in [-0.4, -0.2) is 17.5 Å². The van der Waals surface area contributed by atoms with E-state index >= 15 is 0 Å². The smallest absolute Gasteiger partial charge is 0.250 e. The molecule has 4 nitrogen and oxygen atoms in total. The van der Waals surface area contributed by atoms with Crippen LogP contribution in [0.15, 0.2) is 54.6 Å². The molecule has 0 bridgehead atoms. The van der Waals surface area contributed by atoms with E-state index in [0.29, 0.717) is 11.7 Å². The molecule has 3 rings (SSSR count). The van der Waals surface area contributed by atoms with Crippen molar-refractivity contribution in [3.63, 3.8) is 0 Å². The highest BCUT2D eigenvalue weighted by molar-refractivity contribution is 7.16. The number of unbranched alkanes of at least 4 members (excludes halogenated alkanes) is 1. The predicted octanol–water partition coefficient (Wildman–Crippen LogP) is 6.09. The molecule has 0 fully saturated rings. The Labute approximate surface area is 174 Å². The van der Waals surface area contributed by atoms with Gasteiger partial charge in [-0.2, -0.15) is 0 Å². The van der Waals surface area contributed by atoms with Gasteiger partial charge < -0.3 is 4.74 Å². The van der Waals surface area contributed by atoms with Crippen LogP contribution >= 0.6 is 11.3 Å². The Morgan fingerprint density at radius 3 is 2.72 bits per heavy atom. The van der Waals surface area contributed by atoms with E-state index in [1.165, 1.54) is 29.5 Å². The molecule has 0 aliphatic rings. The van der Waals surface area contributed by atoms with Crippen LogP contribution in [0.3, 0.4) is 0 Å². The van der Waals surface area contributed by atoms with Gasteiger partial charge in [-0.3, -0.25) is 10.1 Å². The standard InChI is InChI=1S/C23H23FN2O2S/c1-3-4-15-28-20-8-6-5-7-17(20)11-14-21(27)25-23-26-22(16(2)29-23)18-9-12-19(24)13-10-18/h5-14H,3-4,15H2,1-2H3,(H,25,26,27)/b14-11+. The topological polar surface area (TPSA) is 51.2 Å². The zero-order chi connectivity index (χ0) is 20.6. The normalized spacial score (nSPS) is 11.0. The molecule has 1 heterocycles. The van der Waals surface area contributed by atoms with Crippen LogP contribution in [0.2, 0.25) is 0 Å². The summed E-state index contributed by atoms with van der Waals surface area (Å²) in [6, 6.07) is 13.8. The van der Waals surface area contributed by atoms with Crippen molar-refractivity contribution >= 4 is 28.5 Å². The predicted molar refractivity (Wildman–Crippen MR) is 117 cm³/mol. The van der Waals surface area contributed by atoms with Crippen LogP contribution in [0.4, 0.5) is 9.52 Å². The molecule has 0 unspecified atom stereocenters. The molecule has 29 heavy (non-hydrogen) atoms. The van der Waals surface area contributed by atoms with Crippen LogP contribution in [0, 0.1) is 12.7 Å². The zero-order valence-corrected chi connectivity index (χ0v) is 17.3. The van der Waals surface area contributed by atoms with Gasteiger partial charge in [-0.15, -0.1) is 11.3 Å². The molecule has 0 radical (unpaired) electrons. The molecule has 150 valence electrons. The fraction of sp³-hybridized carbons (Fsp3) is 0.217. The van der Waals surface area contributed by atoms with Gasteiger partial charge in [-0.25, -0.2) is 9.37 Å². The maximum Gasteiger partial charge on any atom is 0.250 e. The van der Waals surface area contributed by atoms with Crippen molar-refractivity contribution in [1.82, 2.24) is 4.98 Å². The number of rotatable bonds is 8. The molecule has 3 aromatic rings. The largest absolute Gasteiger partial charge is 0.493 e. The Balaban J connectivity index is 1.67. The molecule has 6 heteroatoms. The molecular formula is C23H23FN2O2S. The van der Waals surface area contributed by atoms with Gasteiger partial charge in [0.05, 0.1) is 12.3 Å². The van der Waals surface area contributed by atoms with Gasteiger partial charge in [-0.05, 0) is 49.8 Å². The van der Waals surface area contributed by atoms with Crippen molar-refractivity contribution in [2.75, 3.05) is 11.9 Å². The number of halogens is 1. The van der Waals surface area contributed by atoms with Gasteiger partial charge in [-0.1, -0.05) is 31.5 Å². The van der Waals surface area contributed by atoms with E-state index in [0.717, 1.165) is 40.3 Å². The number of amides is 1. The fourth-order valence-corrected chi connectivity index (χ4v) is 3.55. The number of carbonyl (C=O) groups excluding carboxylic acids is 1. The van der Waals surface area contributed by atoms with Gasteiger partial charge in [0.15, 0.2) is 5.13 Å². The van der Waals surface area contributed by atoms with Crippen molar-refractivity contribution in [3.05, 3.63) is 70.9 Å². The molecule has 1 N–H and O–H groups in total. The molecule has 2 aromatic carbocycles. The Morgan fingerprint density at radius 2 is 1.97 bits per heavy atom. The Hall–Kier alpha value is -2.99. The lowest BCUT2D eigenvalue weighted by Crippen LogP contribution is -2.07. The first-order valence-electron chi connectivity index (χ1n) is 9.51. The Kier molecular flexibility index (Phi) is 7.14. The van der Waals surface area contributed by atoms with E-state index in [2.05, 4.69) is 17.2 Å². The second kappa shape index (κ2) is 9.98. The Morgan fingerprint density at radius 1 is 1.21 bits per heavy atom. The third-order valence-corrected chi connectivity index (χ3v) is 5.12. The van der Waals surface area contributed by atoms with Crippen molar-refractivity contribution in [1.29, 1.82) is 0 Å². The number of hydrogen-bond acceptors (Lipinski definition) is 4. The minimum atomic E-state index is -0.292. The summed E-state index contributed by atoms with van der Waals surface area (Å²) >= 11 is 1.38. The first kappa shape index (κ1) is 20.7. The number of para-hydroxylation sites is 1. The van der Waals surface area contributed by atoms with Gasteiger partial charge in [0.1, 0.15) is 11.6 Å². The second-order valence-corrected chi connectivity index (χ2v) is 7.70. The minimum Gasteiger partial charge on any atom is -0.493 e. The summed E-state index contributed by atoms with van der Waals surface area (Å²) in [6.07, 6.45) is 5.25. The highest BCUT2D eigenvalue weighted by atomic mass is 32.1. The zero-order valence-electron chi connectivity index (χ0n) is 16.4. The minimum absolute atomic E-state index is 0.271. The summed E-state index contributed by atoms with van der Waals surface area (Å²) in [7, 11) is 0. The van der Waals surface area contributed by atoms with E-state index in [1.807, 2.05) is 31.2 Å². The second-order valence-electron chi connectivity index (χ2n) is 6.49. The summed E-state index contributed by atoms with van der Waals surface area (Å²) in [4.78, 5) is 17.8. The maximum absolute atomic E-state index is 13.1. The van der Waals surface area contributed by atoms with Crippen LogP contribution < -0.4 is 10.1 Å². The average Bonchev–Trinajstić information content (AvgIpc) is 3.08. The van der Waals surface area contributed by atoms with E-state index in [9.17, 15) is 9.18 Å². The Bertz CT molecular complexity index is 996. The lowest BCUT2D eigenvalue weighted by atomic mass is 10.1. The highest BCUT2D eigenvalue weighted by Crippen LogP contribution is 2.30. The number of anilines is 1. The average molecular weight is 411 g/mol. The number of aryl methyl sites for hydroxylation is 1. The lowest BCUT2D eigenvalue weighted by molar-refractivity contribution is -0.111. The number of ether oxygens (including phenoxy) is 1. The van der Waals surface area contributed by atoms with Crippen molar-refractivity contribution in [3.8, 4) is 17.0 Å². The molecule has 0 atom stereocenters. The third kappa shape index (κ3) is 5.74. The van der Waals surface area contributed by atoms with E-state index in [4.69, 9.17) is 4.74 Å². The molecule has 0 aliphatic heterocycles. The van der Waals surface area contributed by atoms with E-state index in [1.54, 1.807) is 18.2 Å². The maximum atomic E-state index is 13.1. The third-order valence-electron chi connectivity index (χ3n) is 4.23. The molecular weight excluding hydrogens is 387 g/mol. The van der Waals surface area contributed by atoms with Crippen molar-refractivity contribution < 1.29 is 13.9 Å². The number of benzene rings is 2. The number of carbonyl (C=O) groups is 1. The number of aromatic nitrogens is 1. The molecule has 1 aromatic heterocycles. The molecule has 1 amide bonds. The van der Waals surface area contributed by atoms with E-state index in [-0.39, 0.29) is 11.7 Å². The number of thiazole rings is 1. The van der Waals surface area contributed by atoms with Crippen LogP contribution in [0.5, 0.6) is 5.75 Å². The summed E-state index contributed by atoms with van der Waals surface area (Å²) in [5.41, 5.74) is 2.40. The molecule has 0 aliphatic carbocycles. The van der Waals surface area contributed by atoms with Crippen LogP contribution in [0.1, 0.15) is 30.2 Å². The van der Waals surface area contributed by atoms with E-state index < -0.39 is 0 Å². The van der Waals surface area contributed by atoms with Crippen molar-refractivity contribution in [2.24, 2.45) is 0 Å². The first-order chi connectivity index (χ1) is 14.1. The summed E-state index contributed by atoms with van der Waals surface area (Å²) in [6.45, 7) is 4.69. The molecule has 0 spiro atoms. The number of nitrogens with one attached hydrogen (secondary N) is 1. The van der Waals surface area contributed by atoms with Gasteiger partial charge in [0, 0.05) is 22.1 Å². The van der Waals surface area contributed by atoms with Gasteiger partial charge >= 0.3 is 0 Å². The van der Waals surface area contributed by atoms with Crippen LogP contribution in [0.25, 0.3) is 17.3 Å². The van der Waals surface area contributed by atoms with Crippen LogP contribution in [-0.2, 0) is 4.79 Å². The highest BCUT2D eigenvalue weighted by Gasteiger charge is 2.11. The summed E-state index contributed by atoms with van der Waals surface area (Å²) in [5.74, 6) is 0.195. The summed E-state index contributed by atoms with van der Waals surface area (Å²) < 4.78 is 18.9. The van der Waals surface area contributed by atoms with Gasteiger partial charge in [0.25, 0.3) is 0 Å². The first-order valence-corrected chi connectivity index (χ1v) is 10.3. The molecule has 0 saturated heterocycles. The summed E-state index contributed by atoms with van der Waals surface area (Å²) in [5, 5.41) is 3.30. The molecule has 0 saturated carbocycles. The number of nitrogens with zero attached hydrogens (tertiary/aromatic N) is 1. The van der Waals surface area contributed by atoms with Crippen molar-refractivity contribution in [2.45, 2.75) is 26.7 Å².